The fourth-order valence-corrected chi connectivity index (χ4v) is 2.11. The lowest BCUT2D eigenvalue weighted by Gasteiger charge is -2.15. The van der Waals surface area contributed by atoms with Crippen molar-refractivity contribution in [2.45, 2.75) is 19.9 Å². The Bertz CT molecular complexity index is 594. The molecule has 0 bridgehead atoms. The summed E-state index contributed by atoms with van der Waals surface area (Å²) in [5, 5.41) is 2.91. The zero-order valence-corrected chi connectivity index (χ0v) is 12.4. The highest BCUT2D eigenvalue weighted by Crippen LogP contribution is 2.17. The first-order valence-corrected chi connectivity index (χ1v) is 6.90. The van der Waals surface area contributed by atoms with Crippen LogP contribution in [-0.2, 0) is 11.3 Å². The summed E-state index contributed by atoms with van der Waals surface area (Å²) >= 11 is 0. The van der Waals surface area contributed by atoms with Gasteiger partial charge in [-0.25, -0.2) is 0 Å². The number of hydrogen-bond donors (Lipinski definition) is 2. The third-order valence-electron chi connectivity index (χ3n) is 3.28. The molecule has 0 fully saturated rings. The Labute approximate surface area is 124 Å². The van der Waals surface area contributed by atoms with Crippen molar-refractivity contribution in [2.75, 3.05) is 24.6 Å². The number of nitrogens with zero attached hydrogens (tertiary/aromatic N) is 1. The quantitative estimate of drug-likeness (QED) is 0.801. The van der Waals surface area contributed by atoms with Crippen molar-refractivity contribution in [1.29, 1.82) is 0 Å². The van der Waals surface area contributed by atoms with Gasteiger partial charge in [0.05, 0.1) is 12.5 Å². The molecule has 1 aromatic carbocycles. The van der Waals surface area contributed by atoms with Crippen LogP contribution in [0.5, 0.6) is 0 Å². The number of nitrogens with two attached hydrogens (primary N) is 1. The molecule has 0 aliphatic carbocycles. The molecule has 0 aliphatic rings. The highest BCUT2D eigenvalue weighted by molar-refractivity contribution is 5.91. The molecular formula is C16H21N3O2. The Morgan fingerprint density at radius 3 is 2.86 bits per heavy atom. The maximum absolute atomic E-state index is 12.0. The van der Waals surface area contributed by atoms with Crippen LogP contribution < -0.4 is 11.1 Å². The van der Waals surface area contributed by atoms with E-state index in [1.54, 1.807) is 18.6 Å². The summed E-state index contributed by atoms with van der Waals surface area (Å²) in [6.45, 7) is 3.38. The summed E-state index contributed by atoms with van der Waals surface area (Å²) in [6, 6.07) is 7.39. The summed E-state index contributed by atoms with van der Waals surface area (Å²) in [7, 11) is 1.98. The molecule has 1 heterocycles. The zero-order chi connectivity index (χ0) is 15.2. The lowest BCUT2D eigenvalue weighted by molar-refractivity contribution is -0.116. The summed E-state index contributed by atoms with van der Waals surface area (Å²) < 4.78 is 5.03. The van der Waals surface area contributed by atoms with Gasteiger partial charge >= 0.3 is 0 Å². The summed E-state index contributed by atoms with van der Waals surface area (Å²) in [6.07, 6.45) is 3.81. The monoisotopic (exact) mass is 287 g/mol. The van der Waals surface area contributed by atoms with E-state index in [4.69, 9.17) is 10.2 Å². The topological polar surface area (TPSA) is 71.5 Å². The number of carbonyl (C=O) groups is 1. The van der Waals surface area contributed by atoms with Crippen LogP contribution in [-0.4, -0.2) is 24.4 Å². The second-order valence-corrected chi connectivity index (χ2v) is 5.24. The maximum atomic E-state index is 12.0. The molecule has 2 aromatic rings. The van der Waals surface area contributed by atoms with Crippen LogP contribution in [0.15, 0.2) is 41.2 Å². The highest BCUT2D eigenvalue weighted by atomic mass is 16.3. The van der Waals surface area contributed by atoms with Crippen molar-refractivity contribution in [2.24, 2.45) is 0 Å². The van der Waals surface area contributed by atoms with Crippen molar-refractivity contribution in [3.8, 4) is 0 Å². The minimum absolute atomic E-state index is 0.00177. The largest absolute Gasteiger partial charge is 0.472 e. The fourth-order valence-electron chi connectivity index (χ4n) is 2.11. The van der Waals surface area contributed by atoms with Crippen LogP contribution in [0.4, 0.5) is 11.4 Å². The van der Waals surface area contributed by atoms with Gasteiger partial charge in [-0.1, -0.05) is 0 Å². The number of hydrogen-bond acceptors (Lipinski definition) is 4. The average molecular weight is 287 g/mol. The SMILES string of the molecule is Cc1cc(N)ccc1NC(=O)CCN(C)Cc1ccoc1. The van der Waals surface area contributed by atoms with Gasteiger partial charge in [0.1, 0.15) is 0 Å². The lowest BCUT2D eigenvalue weighted by atomic mass is 10.1. The van der Waals surface area contributed by atoms with Gasteiger partial charge in [0.2, 0.25) is 5.91 Å². The number of carbonyl (C=O) groups excluding carboxylic acids is 1. The fraction of sp³-hybridized carbons (Fsp3) is 0.312. The number of amides is 1. The Hall–Kier alpha value is -2.27. The minimum Gasteiger partial charge on any atom is -0.472 e. The maximum Gasteiger partial charge on any atom is 0.225 e. The number of furan rings is 1. The van der Waals surface area contributed by atoms with E-state index in [-0.39, 0.29) is 5.91 Å². The highest BCUT2D eigenvalue weighted by Gasteiger charge is 2.08. The van der Waals surface area contributed by atoms with Crippen LogP contribution in [0.25, 0.3) is 0 Å². The number of nitrogens with one attached hydrogen (secondary N) is 1. The predicted octanol–water partition coefficient (Wildman–Crippen LogP) is 2.63. The van der Waals surface area contributed by atoms with Crippen LogP contribution in [0.3, 0.4) is 0 Å². The average Bonchev–Trinajstić information content (AvgIpc) is 2.92. The molecule has 2 rings (SSSR count). The molecule has 0 radical (unpaired) electrons. The van der Waals surface area contributed by atoms with Gasteiger partial charge in [0.25, 0.3) is 0 Å². The molecule has 1 amide bonds. The van der Waals surface area contributed by atoms with E-state index in [9.17, 15) is 4.79 Å². The van der Waals surface area contributed by atoms with Gasteiger partial charge in [0, 0.05) is 36.4 Å². The Balaban J connectivity index is 1.79. The molecule has 0 unspecified atom stereocenters. The van der Waals surface area contributed by atoms with Crippen LogP contribution >= 0.6 is 0 Å². The molecule has 0 saturated carbocycles. The molecule has 0 saturated heterocycles. The summed E-state index contributed by atoms with van der Waals surface area (Å²) in [4.78, 5) is 14.1. The van der Waals surface area contributed by atoms with Crippen LogP contribution in [0.1, 0.15) is 17.5 Å². The van der Waals surface area contributed by atoms with Crippen LogP contribution in [0, 0.1) is 6.92 Å². The minimum atomic E-state index is 0.00177. The third-order valence-corrected chi connectivity index (χ3v) is 3.28. The third kappa shape index (κ3) is 4.65. The molecule has 0 aliphatic heterocycles. The van der Waals surface area contributed by atoms with Gasteiger partial charge in [-0.2, -0.15) is 0 Å². The van der Waals surface area contributed by atoms with E-state index < -0.39 is 0 Å². The van der Waals surface area contributed by atoms with Gasteiger partial charge in [-0.15, -0.1) is 0 Å². The molecular weight excluding hydrogens is 266 g/mol. The van der Waals surface area contributed by atoms with Crippen molar-refractivity contribution >= 4 is 17.3 Å². The van der Waals surface area contributed by atoms with E-state index in [1.165, 1.54) is 0 Å². The Morgan fingerprint density at radius 2 is 2.19 bits per heavy atom. The first kappa shape index (κ1) is 15.1. The first-order chi connectivity index (χ1) is 10.0. The second-order valence-electron chi connectivity index (χ2n) is 5.24. The van der Waals surface area contributed by atoms with Crippen molar-refractivity contribution in [1.82, 2.24) is 4.90 Å². The molecule has 5 heteroatoms. The normalized spacial score (nSPS) is 10.8. The molecule has 1 aromatic heterocycles. The summed E-state index contributed by atoms with van der Waals surface area (Å²) in [5.74, 6) is 0.00177. The summed E-state index contributed by atoms with van der Waals surface area (Å²) in [5.41, 5.74) is 9.28. The Kier molecular flexibility index (Phi) is 5.00. The van der Waals surface area contributed by atoms with E-state index in [2.05, 4.69) is 10.2 Å². The number of aryl methyl sites for hydroxylation is 1. The first-order valence-electron chi connectivity index (χ1n) is 6.90. The van der Waals surface area contributed by atoms with E-state index in [0.717, 1.165) is 23.4 Å². The molecule has 0 spiro atoms. The van der Waals surface area contributed by atoms with E-state index in [1.807, 2.05) is 32.2 Å². The lowest BCUT2D eigenvalue weighted by Crippen LogP contribution is -2.24. The van der Waals surface area contributed by atoms with Gasteiger partial charge < -0.3 is 20.4 Å². The van der Waals surface area contributed by atoms with Gasteiger partial charge in [-0.3, -0.25) is 4.79 Å². The molecule has 5 nitrogen and oxygen atoms in total. The predicted molar refractivity (Wildman–Crippen MR) is 83.9 cm³/mol. The standard InChI is InChI=1S/C16H21N3O2/c1-12-9-14(17)3-4-15(12)18-16(20)5-7-19(2)10-13-6-8-21-11-13/h3-4,6,8-9,11H,5,7,10,17H2,1-2H3,(H,18,20). The second kappa shape index (κ2) is 6.95. The molecule has 21 heavy (non-hydrogen) atoms. The molecule has 0 atom stereocenters. The number of nitrogen functional groups attached to an aromatic ring is 1. The zero-order valence-electron chi connectivity index (χ0n) is 12.4. The Morgan fingerprint density at radius 1 is 1.38 bits per heavy atom. The van der Waals surface area contributed by atoms with Crippen molar-refractivity contribution < 1.29 is 9.21 Å². The van der Waals surface area contributed by atoms with Crippen LogP contribution in [0.2, 0.25) is 0 Å². The number of rotatable bonds is 6. The number of anilines is 2. The van der Waals surface area contributed by atoms with E-state index in [0.29, 0.717) is 18.7 Å². The van der Waals surface area contributed by atoms with E-state index >= 15 is 0 Å². The smallest absolute Gasteiger partial charge is 0.225 e. The molecule has 3 N–H and O–H groups in total. The van der Waals surface area contributed by atoms with Gasteiger partial charge in [0.15, 0.2) is 0 Å². The van der Waals surface area contributed by atoms with Gasteiger partial charge in [-0.05, 0) is 43.8 Å². The molecule has 112 valence electrons. The van der Waals surface area contributed by atoms with Crippen molar-refractivity contribution in [3.63, 3.8) is 0 Å². The van der Waals surface area contributed by atoms with Crippen molar-refractivity contribution in [3.05, 3.63) is 47.9 Å². The number of benzene rings is 1.